The third kappa shape index (κ3) is 1.58. The van der Waals surface area contributed by atoms with Crippen molar-refractivity contribution in [2.24, 2.45) is 0 Å². The van der Waals surface area contributed by atoms with Gasteiger partial charge in [-0.3, -0.25) is 0 Å². The van der Waals surface area contributed by atoms with Gasteiger partial charge in [-0.25, -0.2) is 0 Å². The SMILES string of the molecule is Cc1csc2c1CNCC2.Cl. The monoisotopic (exact) mass is 189 g/mol. The second-order valence-corrected chi connectivity index (χ2v) is 3.71. The summed E-state index contributed by atoms with van der Waals surface area (Å²) in [5.74, 6) is 0. The summed E-state index contributed by atoms with van der Waals surface area (Å²) < 4.78 is 0. The molecule has 1 N–H and O–H groups in total. The van der Waals surface area contributed by atoms with E-state index in [1.54, 1.807) is 10.4 Å². The topological polar surface area (TPSA) is 12.0 Å². The molecule has 0 unspecified atom stereocenters. The van der Waals surface area contributed by atoms with Gasteiger partial charge in [0.2, 0.25) is 0 Å². The molecule has 1 aromatic rings. The van der Waals surface area contributed by atoms with Gasteiger partial charge in [-0.2, -0.15) is 0 Å². The molecule has 0 aliphatic carbocycles. The highest BCUT2D eigenvalue weighted by molar-refractivity contribution is 7.10. The van der Waals surface area contributed by atoms with Gasteiger partial charge in [0, 0.05) is 18.0 Å². The van der Waals surface area contributed by atoms with Crippen molar-refractivity contribution in [3.63, 3.8) is 0 Å². The van der Waals surface area contributed by atoms with Crippen molar-refractivity contribution in [1.82, 2.24) is 5.32 Å². The lowest BCUT2D eigenvalue weighted by molar-refractivity contribution is 0.650. The Morgan fingerprint density at radius 2 is 2.36 bits per heavy atom. The van der Waals surface area contributed by atoms with Crippen LogP contribution in [0.5, 0.6) is 0 Å². The van der Waals surface area contributed by atoms with E-state index in [1.165, 1.54) is 12.0 Å². The van der Waals surface area contributed by atoms with E-state index in [9.17, 15) is 0 Å². The molecule has 0 radical (unpaired) electrons. The molecule has 62 valence electrons. The van der Waals surface area contributed by atoms with Crippen LogP contribution in [0.25, 0.3) is 0 Å². The van der Waals surface area contributed by atoms with Crippen molar-refractivity contribution < 1.29 is 0 Å². The number of thiophene rings is 1. The van der Waals surface area contributed by atoms with Crippen LogP contribution in [0.2, 0.25) is 0 Å². The molecule has 0 atom stereocenters. The zero-order chi connectivity index (χ0) is 6.97. The minimum absolute atomic E-state index is 0. The van der Waals surface area contributed by atoms with Gasteiger partial charge in [0.15, 0.2) is 0 Å². The summed E-state index contributed by atoms with van der Waals surface area (Å²) in [4.78, 5) is 1.59. The normalized spacial score (nSPS) is 15.4. The Kier molecular flexibility index (Phi) is 2.93. The Morgan fingerprint density at radius 3 is 3.09 bits per heavy atom. The summed E-state index contributed by atoms with van der Waals surface area (Å²) in [5, 5.41) is 5.64. The molecular formula is C8H12ClNS. The molecule has 0 saturated carbocycles. The lowest BCUT2D eigenvalue weighted by Crippen LogP contribution is -2.22. The van der Waals surface area contributed by atoms with Gasteiger partial charge in [-0.15, -0.1) is 23.7 Å². The van der Waals surface area contributed by atoms with E-state index >= 15 is 0 Å². The van der Waals surface area contributed by atoms with Gasteiger partial charge in [-0.05, 0) is 29.9 Å². The molecule has 11 heavy (non-hydrogen) atoms. The zero-order valence-corrected chi connectivity index (χ0v) is 8.15. The molecule has 2 rings (SSSR count). The first-order chi connectivity index (χ1) is 4.88. The van der Waals surface area contributed by atoms with E-state index in [0.29, 0.717) is 0 Å². The predicted molar refractivity (Wildman–Crippen MR) is 51.7 cm³/mol. The summed E-state index contributed by atoms with van der Waals surface area (Å²) in [6.45, 7) is 4.44. The fourth-order valence-corrected chi connectivity index (χ4v) is 2.44. The summed E-state index contributed by atoms with van der Waals surface area (Å²) in [7, 11) is 0. The molecule has 0 bridgehead atoms. The Labute approximate surface area is 77.2 Å². The first kappa shape index (κ1) is 9.04. The molecule has 0 aromatic carbocycles. The van der Waals surface area contributed by atoms with Crippen LogP contribution in [0.3, 0.4) is 0 Å². The van der Waals surface area contributed by atoms with Crippen molar-refractivity contribution in [2.75, 3.05) is 6.54 Å². The maximum Gasteiger partial charge on any atom is 0.0219 e. The molecular weight excluding hydrogens is 178 g/mol. The standard InChI is InChI=1S/C8H11NS.ClH/c1-6-5-10-8-2-3-9-4-7(6)8;/h5,9H,2-4H2,1H3;1H. The minimum atomic E-state index is 0. The van der Waals surface area contributed by atoms with Crippen molar-refractivity contribution >= 4 is 23.7 Å². The van der Waals surface area contributed by atoms with Gasteiger partial charge in [0.25, 0.3) is 0 Å². The number of hydrogen-bond donors (Lipinski definition) is 1. The maximum atomic E-state index is 3.37. The summed E-state index contributed by atoms with van der Waals surface area (Å²) >= 11 is 1.91. The zero-order valence-electron chi connectivity index (χ0n) is 6.52. The van der Waals surface area contributed by atoms with Crippen LogP contribution in [0, 0.1) is 6.92 Å². The van der Waals surface area contributed by atoms with E-state index in [2.05, 4.69) is 17.6 Å². The van der Waals surface area contributed by atoms with E-state index < -0.39 is 0 Å². The van der Waals surface area contributed by atoms with E-state index in [-0.39, 0.29) is 12.4 Å². The largest absolute Gasteiger partial charge is 0.312 e. The maximum absolute atomic E-state index is 3.37. The van der Waals surface area contributed by atoms with Crippen molar-refractivity contribution in [3.05, 3.63) is 21.4 Å². The average Bonchev–Trinajstić information content (AvgIpc) is 2.34. The third-order valence-corrected chi connectivity index (χ3v) is 3.23. The molecule has 0 spiro atoms. The van der Waals surface area contributed by atoms with Crippen LogP contribution in [0.4, 0.5) is 0 Å². The minimum Gasteiger partial charge on any atom is -0.312 e. The number of fused-ring (bicyclic) bond motifs is 1. The molecule has 0 fully saturated rings. The molecule has 0 saturated heterocycles. The summed E-state index contributed by atoms with van der Waals surface area (Å²) in [6.07, 6.45) is 1.23. The Hall–Kier alpha value is -0.0500. The molecule has 1 aliphatic heterocycles. The van der Waals surface area contributed by atoms with Crippen LogP contribution in [-0.2, 0) is 13.0 Å². The molecule has 2 heterocycles. The van der Waals surface area contributed by atoms with Gasteiger partial charge in [0.05, 0.1) is 0 Å². The smallest absolute Gasteiger partial charge is 0.0219 e. The van der Waals surface area contributed by atoms with Crippen molar-refractivity contribution in [1.29, 1.82) is 0 Å². The Bertz CT molecular complexity index is 244. The quantitative estimate of drug-likeness (QED) is 0.660. The highest BCUT2D eigenvalue weighted by Gasteiger charge is 2.11. The number of halogens is 1. The van der Waals surface area contributed by atoms with Crippen LogP contribution in [-0.4, -0.2) is 6.54 Å². The van der Waals surface area contributed by atoms with Gasteiger partial charge in [0.1, 0.15) is 0 Å². The second-order valence-electron chi connectivity index (χ2n) is 2.75. The van der Waals surface area contributed by atoms with Crippen LogP contribution in [0.1, 0.15) is 16.0 Å². The third-order valence-electron chi connectivity index (χ3n) is 2.02. The highest BCUT2D eigenvalue weighted by atomic mass is 35.5. The van der Waals surface area contributed by atoms with Gasteiger partial charge in [-0.1, -0.05) is 0 Å². The predicted octanol–water partition coefficient (Wildman–Crippen LogP) is 2.12. The van der Waals surface area contributed by atoms with Crippen molar-refractivity contribution in [2.45, 2.75) is 19.9 Å². The van der Waals surface area contributed by atoms with Gasteiger partial charge < -0.3 is 5.32 Å². The molecule has 0 amide bonds. The number of rotatable bonds is 0. The molecule has 1 aromatic heterocycles. The second kappa shape index (κ2) is 3.57. The number of aryl methyl sites for hydroxylation is 1. The summed E-state index contributed by atoms with van der Waals surface area (Å²) in [6, 6.07) is 0. The molecule has 3 heteroatoms. The van der Waals surface area contributed by atoms with Crippen LogP contribution < -0.4 is 5.32 Å². The number of nitrogens with one attached hydrogen (secondary N) is 1. The Morgan fingerprint density at radius 1 is 1.55 bits per heavy atom. The Balaban J connectivity index is 0.000000605. The average molecular weight is 190 g/mol. The summed E-state index contributed by atoms with van der Waals surface area (Å²) in [5.41, 5.74) is 3.02. The molecule has 1 nitrogen and oxygen atoms in total. The highest BCUT2D eigenvalue weighted by Crippen LogP contribution is 2.24. The van der Waals surface area contributed by atoms with Crippen molar-refractivity contribution in [3.8, 4) is 0 Å². The first-order valence-electron chi connectivity index (χ1n) is 3.64. The van der Waals surface area contributed by atoms with Crippen LogP contribution in [0.15, 0.2) is 5.38 Å². The first-order valence-corrected chi connectivity index (χ1v) is 4.52. The lowest BCUT2D eigenvalue weighted by Gasteiger charge is -2.12. The van der Waals surface area contributed by atoms with E-state index in [0.717, 1.165) is 13.1 Å². The van der Waals surface area contributed by atoms with Crippen LogP contribution >= 0.6 is 23.7 Å². The van der Waals surface area contributed by atoms with E-state index in [4.69, 9.17) is 0 Å². The number of hydrogen-bond acceptors (Lipinski definition) is 2. The van der Waals surface area contributed by atoms with E-state index in [1.807, 2.05) is 11.3 Å². The van der Waals surface area contributed by atoms with Gasteiger partial charge >= 0.3 is 0 Å². The molecule has 1 aliphatic rings. The lowest BCUT2D eigenvalue weighted by atomic mass is 10.1. The fourth-order valence-electron chi connectivity index (χ4n) is 1.38. The fraction of sp³-hybridized carbons (Fsp3) is 0.500.